The van der Waals surface area contributed by atoms with Crippen molar-refractivity contribution in [3.8, 4) is 0 Å². The minimum Gasteiger partial charge on any atom is -0.423 e. The van der Waals surface area contributed by atoms with E-state index in [0.717, 1.165) is 11.9 Å². The number of nitrogens with zero attached hydrogens (tertiary/aromatic N) is 2. The lowest BCUT2D eigenvalue weighted by Gasteiger charge is -1.91. The molecule has 3 nitrogen and oxygen atoms in total. The van der Waals surface area contributed by atoms with Gasteiger partial charge in [0.25, 0.3) is 0 Å². The zero-order chi connectivity index (χ0) is 8.55. The van der Waals surface area contributed by atoms with Crippen LogP contribution < -0.4 is 0 Å². The fourth-order valence-electron chi connectivity index (χ4n) is 1.17. The molecule has 0 atom stereocenters. The molecule has 0 fully saturated rings. The van der Waals surface area contributed by atoms with Gasteiger partial charge in [-0.25, -0.2) is 9.97 Å². The standard InChI is InChI=1S/C9H10N2O/c1-3-7-4-8-9(10-5-7)12-6(2)11-8/h4-5H,3H2,1-2H3. The molecule has 0 aliphatic rings. The molecule has 0 aliphatic carbocycles. The monoisotopic (exact) mass is 162 g/mol. The van der Waals surface area contributed by atoms with Crippen LogP contribution >= 0.6 is 0 Å². The Morgan fingerprint density at radius 1 is 1.50 bits per heavy atom. The summed E-state index contributed by atoms with van der Waals surface area (Å²) in [5.74, 6) is 0.672. The molecule has 2 heterocycles. The highest BCUT2D eigenvalue weighted by Gasteiger charge is 2.02. The second-order valence-electron chi connectivity index (χ2n) is 2.75. The van der Waals surface area contributed by atoms with Crippen LogP contribution in [0.1, 0.15) is 18.4 Å². The second kappa shape index (κ2) is 2.59. The van der Waals surface area contributed by atoms with Gasteiger partial charge in [0, 0.05) is 13.1 Å². The van der Waals surface area contributed by atoms with Crippen molar-refractivity contribution in [2.24, 2.45) is 0 Å². The number of aromatic nitrogens is 2. The fraction of sp³-hybridized carbons (Fsp3) is 0.333. The summed E-state index contributed by atoms with van der Waals surface area (Å²) in [7, 11) is 0. The summed E-state index contributed by atoms with van der Waals surface area (Å²) in [5, 5.41) is 0. The van der Waals surface area contributed by atoms with Gasteiger partial charge in [0.2, 0.25) is 5.71 Å². The van der Waals surface area contributed by atoms with E-state index in [0.29, 0.717) is 11.6 Å². The first-order valence-electron chi connectivity index (χ1n) is 4.01. The van der Waals surface area contributed by atoms with E-state index in [2.05, 4.69) is 16.9 Å². The summed E-state index contributed by atoms with van der Waals surface area (Å²) in [6, 6.07) is 2.01. The first-order valence-corrected chi connectivity index (χ1v) is 4.01. The van der Waals surface area contributed by atoms with Crippen LogP contribution in [0.25, 0.3) is 11.2 Å². The Hall–Kier alpha value is -1.38. The fourth-order valence-corrected chi connectivity index (χ4v) is 1.17. The summed E-state index contributed by atoms with van der Waals surface area (Å²) >= 11 is 0. The summed E-state index contributed by atoms with van der Waals surface area (Å²) in [5.41, 5.74) is 2.67. The lowest BCUT2D eigenvalue weighted by Crippen LogP contribution is -1.82. The Morgan fingerprint density at radius 2 is 2.33 bits per heavy atom. The third kappa shape index (κ3) is 1.07. The number of hydrogen-bond acceptors (Lipinski definition) is 3. The van der Waals surface area contributed by atoms with E-state index in [4.69, 9.17) is 4.42 Å². The Bertz CT molecular complexity index is 406. The Kier molecular flexibility index (Phi) is 1.57. The molecule has 0 amide bonds. The highest BCUT2D eigenvalue weighted by atomic mass is 16.4. The molecule has 62 valence electrons. The number of hydrogen-bond donors (Lipinski definition) is 0. The number of rotatable bonds is 1. The lowest BCUT2D eigenvalue weighted by molar-refractivity contribution is 0.551. The number of pyridine rings is 1. The van der Waals surface area contributed by atoms with E-state index in [1.807, 2.05) is 19.2 Å². The molecule has 0 unspecified atom stereocenters. The highest BCUT2D eigenvalue weighted by Crippen LogP contribution is 2.13. The predicted molar refractivity (Wildman–Crippen MR) is 45.9 cm³/mol. The van der Waals surface area contributed by atoms with Gasteiger partial charge in [0.05, 0.1) is 0 Å². The van der Waals surface area contributed by atoms with E-state index in [9.17, 15) is 0 Å². The van der Waals surface area contributed by atoms with Crippen LogP contribution in [0.2, 0.25) is 0 Å². The highest BCUT2D eigenvalue weighted by molar-refractivity contribution is 5.68. The molecule has 3 heteroatoms. The van der Waals surface area contributed by atoms with Crippen molar-refractivity contribution in [2.45, 2.75) is 20.3 Å². The van der Waals surface area contributed by atoms with Gasteiger partial charge in [-0.2, -0.15) is 0 Å². The van der Waals surface area contributed by atoms with Crippen LogP contribution in [0, 0.1) is 6.92 Å². The van der Waals surface area contributed by atoms with Crippen LogP contribution in [0.3, 0.4) is 0 Å². The van der Waals surface area contributed by atoms with Crippen molar-refractivity contribution in [1.29, 1.82) is 0 Å². The molecule has 0 aliphatic heterocycles. The van der Waals surface area contributed by atoms with Gasteiger partial charge < -0.3 is 4.42 Å². The van der Waals surface area contributed by atoms with Gasteiger partial charge >= 0.3 is 0 Å². The van der Waals surface area contributed by atoms with Crippen LogP contribution in [-0.2, 0) is 6.42 Å². The van der Waals surface area contributed by atoms with Crippen LogP contribution in [0.5, 0.6) is 0 Å². The van der Waals surface area contributed by atoms with Gasteiger partial charge in [-0.05, 0) is 18.1 Å². The van der Waals surface area contributed by atoms with E-state index in [1.54, 1.807) is 0 Å². The third-order valence-corrected chi connectivity index (χ3v) is 1.82. The summed E-state index contributed by atoms with van der Waals surface area (Å²) in [4.78, 5) is 8.34. The quantitative estimate of drug-likeness (QED) is 0.644. The summed E-state index contributed by atoms with van der Waals surface area (Å²) in [6.07, 6.45) is 2.81. The van der Waals surface area contributed by atoms with Gasteiger partial charge in [-0.15, -0.1) is 0 Å². The second-order valence-corrected chi connectivity index (χ2v) is 2.75. The zero-order valence-electron chi connectivity index (χ0n) is 7.16. The molecule has 0 N–H and O–H groups in total. The maximum Gasteiger partial charge on any atom is 0.246 e. The average Bonchev–Trinajstić information content (AvgIpc) is 2.43. The SMILES string of the molecule is CCc1cnc2oc(C)nc2c1. The third-order valence-electron chi connectivity index (χ3n) is 1.82. The smallest absolute Gasteiger partial charge is 0.246 e. The maximum atomic E-state index is 5.25. The van der Waals surface area contributed by atoms with E-state index < -0.39 is 0 Å². The molecule has 2 aromatic heterocycles. The largest absolute Gasteiger partial charge is 0.423 e. The first-order chi connectivity index (χ1) is 5.79. The molecule has 2 aromatic rings. The van der Waals surface area contributed by atoms with Crippen molar-refractivity contribution in [3.63, 3.8) is 0 Å². The zero-order valence-corrected chi connectivity index (χ0v) is 7.16. The molecule has 0 saturated carbocycles. The van der Waals surface area contributed by atoms with Crippen molar-refractivity contribution in [3.05, 3.63) is 23.7 Å². The van der Waals surface area contributed by atoms with Crippen molar-refractivity contribution >= 4 is 11.2 Å². The average molecular weight is 162 g/mol. The summed E-state index contributed by atoms with van der Waals surface area (Å²) < 4.78 is 5.25. The summed E-state index contributed by atoms with van der Waals surface area (Å²) in [6.45, 7) is 3.92. The van der Waals surface area contributed by atoms with Crippen LogP contribution in [0.4, 0.5) is 0 Å². The number of aryl methyl sites for hydroxylation is 2. The normalized spacial score (nSPS) is 10.8. The number of fused-ring (bicyclic) bond motifs is 1. The topological polar surface area (TPSA) is 38.9 Å². The minimum atomic E-state index is 0.629. The molecule has 0 aromatic carbocycles. The van der Waals surface area contributed by atoms with E-state index in [-0.39, 0.29) is 0 Å². The van der Waals surface area contributed by atoms with Gasteiger partial charge in [0.1, 0.15) is 5.52 Å². The van der Waals surface area contributed by atoms with Crippen LogP contribution in [0.15, 0.2) is 16.7 Å². The Labute approximate surface area is 70.4 Å². The molecule has 12 heavy (non-hydrogen) atoms. The predicted octanol–water partition coefficient (Wildman–Crippen LogP) is 2.09. The van der Waals surface area contributed by atoms with Crippen molar-refractivity contribution < 1.29 is 4.42 Å². The number of oxazole rings is 1. The van der Waals surface area contributed by atoms with Gasteiger partial charge in [0.15, 0.2) is 5.89 Å². The molecular formula is C9H10N2O. The molecule has 2 rings (SSSR count). The molecule has 0 radical (unpaired) electrons. The maximum absolute atomic E-state index is 5.25. The lowest BCUT2D eigenvalue weighted by atomic mass is 10.2. The van der Waals surface area contributed by atoms with E-state index >= 15 is 0 Å². The molecule has 0 spiro atoms. The Balaban J connectivity index is 2.66. The molecule has 0 saturated heterocycles. The first kappa shape index (κ1) is 7.28. The van der Waals surface area contributed by atoms with E-state index in [1.165, 1.54) is 5.56 Å². The minimum absolute atomic E-state index is 0.629. The molecule has 0 bridgehead atoms. The van der Waals surface area contributed by atoms with Gasteiger partial charge in [-0.1, -0.05) is 6.92 Å². The van der Waals surface area contributed by atoms with Gasteiger partial charge in [-0.3, -0.25) is 0 Å². The Morgan fingerprint density at radius 3 is 3.08 bits per heavy atom. The van der Waals surface area contributed by atoms with Crippen LogP contribution in [-0.4, -0.2) is 9.97 Å². The molecular weight excluding hydrogens is 152 g/mol. The van der Waals surface area contributed by atoms with Crippen molar-refractivity contribution in [2.75, 3.05) is 0 Å². The van der Waals surface area contributed by atoms with Crippen molar-refractivity contribution in [1.82, 2.24) is 9.97 Å².